The Bertz CT molecular complexity index is 202. The van der Waals surface area contributed by atoms with Crippen LogP contribution < -0.4 is 0 Å². The number of hydrogen-bond donors (Lipinski definition) is 0. The van der Waals surface area contributed by atoms with Crippen molar-refractivity contribution in [3.63, 3.8) is 0 Å². The fraction of sp³-hybridized carbons (Fsp3) is 0.750. The summed E-state index contributed by atoms with van der Waals surface area (Å²) in [4.78, 5) is 10.9. The third-order valence-corrected chi connectivity index (χ3v) is 2.78. The quantitative estimate of drug-likeness (QED) is 0.629. The summed E-state index contributed by atoms with van der Waals surface area (Å²) in [5.74, 6) is -1.11. The topological polar surface area (TPSA) is 52.6 Å². The number of hydrogen-bond acceptors (Lipinski definition) is 4. The molecule has 1 saturated heterocycles. The normalized spacial score (nSPS) is 28.5. The van der Waals surface area contributed by atoms with E-state index in [9.17, 15) is 9.00 Å². The van der Waals surface area contributed by atoms with Gasteiger partial charge in [0.05, 0.1) is 11.8 Å². The van der Waals surface area contributed by atoms with Crippen LogP contribution in [0.1, 0.15) is 0 Å². The van der Waals surface area contributed by atoms with Crippen LogP contribution in [0.4, 0.5) is 0 Å². The second-order valence-corrected chi connectivity index (χ2v) is 3.20. The summed E-state index contributed by atoms with van der Waals surface area (Å²) in [5.41, 5.74) is -1.42. The number of rotatable bonds is 2. The van der Waals surface area contributed by atoms with Gasteiger partial charge in [-0.05, 0) is 0 Å². The zero-order valence-corrected chi connectivity index (χ0v) is 7.54. The third-order valence-electron chi connectivity index (χ3n) is 1.18. The molecule has 1 heterocycles. The summed E-state index contributed by atoms with van der Waals surface area (Å²) in [6, 6.07) is 0. The van der Waals surface area contributed by atoms with Crippen LogP contribution in [-0.4, -0.2) is 27.5 Å². The first-order chi connectivity index (χ1) is 5.14. The van der Waals surface area contributed by atoms with Gasteiger partial charge < -0.3 is 4.18 Å². The Morgan fingerprint density at radius 2 is 2.00 bits per heavy atom. The van der Waals surface area contributed by atoms with Gasteiger partial charge in [0.2, 0.25) is 5.60 Å². The highest BCUT2D eigenvalue weighted by atomic mass is 35.5. The van der Waals surface area contributed by atoms with Gasteiger partial charge in [0, 0.05) is 0 Å². The highest BCUT2D eigenvalue weighted by Crippen LogP contribution is 2.26. The van der Waals surface area contributed by atoms with Gasteiger partial charge in [-0.2, -0.15) is 4.21 Å². The van der Waals surface area contributed by atoms with E-state index in [-0.39, 0.29) is 11.8 Å². The maximum Gasteiger partial charge on any atom is 0.364 e. The molecular weight excluding hydrogens is 215 g/mol. The molecule has 0 saturated carbocycles. The summed E-state index contributed by atoms with van der Waals surface area (Å²) in [6.45, 7) is 0. The van der Waals surface area contributed by atoms with Gasteiger partial charge in [-0.15, -0.1) is 23.2 Å². The van der Waals surface area contributed by atoms with E-state index in [1.54, 1.807) is 0 Å². The first kappa shape index (κ1) is 9.25. The van der Waals surface area contributed by atoms with E-state index in [0.717, 1.165) is 0 Å². The summed E-state index contributed by atoms with van der Waals surface area (Å²) in [6.07, 6.45) is 0. The van der Waals surface area contributed by atoms with Crippen LogP contribution in [0.5, 0.6) is 0 Å². The zero-order chi connectivity index (χ0) is 8.48. The van der Waals surface area contributed by atoms with Crippen LogP contribution in [0.2, 0.25) is 0 Å². The predicted octanol–water partition coefficient (Wildman–Crippen LogP) is 0.355. The molecule has 1 rings (SSSR count). The van der Waals surface area contributed by atoms with Crippen molar-refractivity contribution in [1.82, 2.24) is 0 Å². The first-order valence-corrected chi connectivity index (χ1v) is 4.67. The van der Waals surface area contributed by atoms with Gasteiger partial charge in [0.1, 0.15) is 0 Å². The Morgan fingerprint density at radius 1 is 1.45 bits per heavy atom. The molecule has 0 bridgehead atoms. The van der Waals surface area contributed by atoms with Crippen LogP contribution in [0.15, 0.2) is 0 Å². The molecule has 1 unspecified atom stereocenters. The van der Waals surface area contributed by atoms with Gasteiger partial charge in [0.25, 0.3) is 0 Å². The Hall–Kier alpha value is 0.160. The summed E-state index contributed by atoms with van der Waals surface area (Å²) in [5, 5.41) is 0. The smallest absolute Gasteiger partial charge is 0.340 e. The molecule has 0 N–H and O–H groups in total. The monoisotopic (exact) mass is 218 g/mol. The lowest BCUT2D eigenvalue weighted by Crippen LogP contribution is -2.40. The van der Waals surface area contributed by atoms with Crippen molar-refractivity contribution in [3.8, 4) is 0 Å². The van der Waals surface area contributed by atoms with Gasteiger partial charge >= 0.3 is 17.3 Å². The fourth-order valence-electron chi connectivity index (χ4n) is 0.508. The van der Waals surface area contributed by atoms with Gasteiger partial charge in [0.15, 0.2) is 0 Å². The zero-order valence-electron chi connectivity index (χ0n) is 5.21. The minimum absolute atomic E-state index is 0.166. The van der Waals surface area contributed by atoms with Crippen LogP contribution in [0.3, 0.4) is 0 Å². The fourth-order valence-corrected chi connectivity index (χ4v) is 2.01. The van der Waals surface area contributed by atoms with Crippen molar-refractivity contribution in [2.45, 2.75) is 5.60 Å². The molecule has 0 amide bonds. The summed E-state index contributed by atoms with van der Waals surface area (Å²) < 4.78 is 19.3. The second kappa shape index (κ2) is 3.26. The average Bonchev–Trinajstić information content (AvgIpc) is 2.27. The minimum Gasteiger partial charge on any atom is -0.340 e. The highest BCUT2D eigenvalue weighted by Gasteiger charge is 2.49. The number of carbonyl (C=O) groups is 1. The van der Waals surface area contributed by atoms with Crippen molar-refractivity contribution in [3.05, 3.63) is 0 Å². The largest absolute Gasteiger partial charge is 0.364 e. The highest BCUT2D eigenvalue weighted by molar-refractivity contribution is 7.76. The van der Waals surface area contributed by atoms with E-state index in [0.29, 0.717) is 0 Å². The summed E-state index contributed by atoms with van der Waals surface area (Å²) >= 11 is 8.72. The second-order valence-electron chi connectivity index (χ2n) is 1.92. The molecule has 64 valence electrons. The lowest BCUT2D eigenvalue weighted by Gasteiger charge is -2.13. The van der Waals surface area contributed by atoms with Crippen LogP contribution >= 0.6 is 23.2 Å². The Labute approximate surface area is 75.6 Å². The summed E-state index contributed by atoms with van der Waals surface area (Å²) in [7, 11) is 0. The third kappa shape index (κ3) is 1.51. The van der Waals surface area contributed by atoms with Crippen LogP contribution in [-0.2, 0) is 24.5 Å². The van der Waals surface area contributed by atoms with E-state index in [1.165, 1.54) is 0 Å². The maximum absolute atomic E-state index is 10.9. The SMILES string of the molecule is O=C1OS(=O)OC1(CCl)CCl. The van der Waals surface area contributed by atoms with E-state index in [1.807, 2.05) is 0 Å². The molecule has 1 fully saturated rings. The van der Waals surface area contributed by atoms with E-state index >= 15 is 0 Å². The molecule has 0 aromatic carbocycles. The molecule has 7 heteroatoms. The van der Waals surface area contributed by atoms with E-state index < -0.39 is 22.9 Å². The van der Waals surface area contributed by atoms with Crippen molar-refractivity contribution in [1.29, 1.82) is 0 Å². The predicted molar refractivity (Wildman–Crippen MR) is 39.5 cm³/mol. The standard InChI is InChI=1S/C4H4Cl2O4S/c5-1-4(2-6)3(7)9-11(8)10-4/h1-2H2. The minimum atomic E-state index is -2.04. The van der Waals surface area contributed by atoms with Crippen LogP contribution in [0.25, 0.3) is 0 Å². The van der Waals surface area contributed by atoms with E-state index in [2.05, 4.69) is 8.37 Å². The Morgan fingerprint density at radius 3 is 2.18 bits per heavy atom. The molecular formula is C4H4Cl2O4S. The maximum atomic E-state index is 10.9. The molecule has 1 aliphatic rings. The average molecular weight is 219 g/mol. The molecule has 0 aromatic rings. The van der Waals surface area contributed by atoms with Crippen LogP contribution in [0, 0.1) is 0 Å². The van der Waals surface area contributed by atoms with Gasteiger partial charge in [-0.3, -0.25) is 0 Å². The molecule has 1 atom stereocenters. The van der Waals surface area contributed by atoms with Crippen molar-refractivity contribution in [2.24, 2.45) is 0 Å². The molecule has 0 aliphatic carbocycles. The number of halogens is 2. The Balaban J connectivity index is 2.84. The number of alkyl halides is 2. The van der Waals surface area contributed by atoms with Crippen molar-refractivity contribution < 1.29 is 17.4 Å². The molecule has 0 radical (unpaired) electrons. The molecule has 11 heavy (non-hydrogen) atoms. The molecule has 0 spiro atoms. The van der Waals surface area contributed by atoms with Crippen molar-refractivity contribution >= 4 is 40.5 Å². The number of carbonyl (C=O) groups excluding carboxylic acids is 1. The van der Waals surface area contributed by atoms with Crippen molar-refractivity contribution in [2.75, 3.05) is 11.8 Å². The Kier molecular flexibility index (Phi) is 2.74. The molecule has 0 aromatic heterocycles. The van der Waals surface area contributed by atoms with Gasteiger partial charge in [-0.1, -0.05) is 0 Å². The first-order valence-electron chi connectivity index (χ1n) is 2.60. The molecule has 4 nitrogen and oxygen atoms in total. The lowest BCUT2D eigenvalue weighted by atomic mass is 10.1. The van der Waals surface area contributed by atoms with Gasteiger partial charge in [-0.25, -0.2) is 8.98 Å². The lowest BCUT2D eigenvalue weighted by molar-refractivity contribution is -0.140. The van der Waals surface area contributed by atoms with E-state index in [4.69, 9.17) is 23.2 Å². The molecule has 1 aliphatic heterocycles.